The second kappa shape index (κ2) is 6.00. The number of hydrogen-bond donors (Lipinski definition) is 1. The summed E-state index contributed by atoms with van der Waals surface area (Å²) >= 11 is 0. The third-order valence-electron chi connectivity index (χ3n) is 3.25. The maximum Gasteiger partial charge on any atom is 0.328 e. The molecule has 0 aromatic carbocycles. The van der Waals surface area contributed by atoms with Crippen LogP contribution in [0.25, 0.3) is 0 Å². The van der Waals surface area contributed by atoms with Crippen LogP contribution in [0.1, 0.15) is 20.3 Å². The molecular formula is C12H22N2O3. The number of esters is 1. The van der Waals surface area contributed by atoms with Crippen molar-refractivity contribution in [2.24, 2.45) is 11.8 Å². The average Bonchev–Trinajstić information content (AvgIpc) is 2.80. The van der Waals surface area contributed by atoms with Crippen LogP contribution in [-0.2, 0) is 14.3 Å². The number of hydrogen-bond acceptors (Lipinski definition) is 4. The van der Waals surface area contributed by atoms with E-state index >= 15 is 0 Å². The molecule has 0 aromatic rings. The summed E-state index contributed by atoms with van der Waals surface area (Å²) in [7, 11) is 3.04. The van der Waals surface area contributed by atoms with Gasteiger partial charge in [-0.2, -0.15) is 0 Å². The van der Waals surface area contributed by atoms with Crippen molar-refractivity contribution in [3.8, 4) is 0 Å². The Bertz CT molecular complexity index is 285. The zero-order valence-corrected chi connectivity index (χ0v) is 11.0. The topological polar surface area (TPSA) is 58.6 Å². The lowest BCUT2D eigenvalue weighted by atomic mass is 10.00. The van der Waals surface area contributed by atoms with Crippen LogP contribution in [0.2, 0.25) is 0 Å². The molecule has 1 amide bonds. The fraction of sp³-hybridized carbons (Fsp3) is 0.833. The van der Waals surface area contributed by atoms with E-state index in [1.165, 1.54) is 12.0 Å². The Kier molecular flexibility index (Phi) is 4.93. The monoisotopic (exact) mass is 242 g/mol. The Morgan fingerprint density at radius 2 is 2.06 bits per heavy atom. The molecule has 1 unspecified atom stereocenters. The van der Waals surface area contributed by atoms with E-state index in [0.717, 1.165) is 13.0 Å². The molecule has 5 heteroatoms. The van der Waals surface area contributed by atoms with Crippen LogP contribution in [0.4, 0.5) is 0 Å². The van der Waals surface area contributed by atoms with Gasteiger partial charge in [0.05, 0.1) is 13.0 Å². The number of likely N-dealkylation sites (N-methyl/N-ethyl adjacent to an activating group) is 1. The van der Waals surface area contributed by atoms with E-state index in [1.54, 1.807) is 7.05 Å². The summed E-state index contributed by atoms with van der Waals surface area (Å²) in [5.41, 5.74) is 0. The van der Waals surface area contributed by atoms with Gasteiger partial charge in [0.15, 0.2) is 0 Å². The smallest absolute Gasteiger partial charge is 0.328 e. The Morgan fingerprint density at radius 1 is 1.41 bits per heavy atom. The van der Waals surface area contributed by atoms with E-state index in [2.05, 4.69) is 5.32 Å². The highest BCUT2D eigenvalue weighted by atomic mass is 16.5. The maximum atomic E-state index is 12.2. The summed E-state index contributed by atoms with van der Waals surface area (Å²) < 4.78 is 4.76. The van der Waals surface area contributed by atoms with Gasteiger partial charge in [0.25, 0.3) is 0 Å². The quantitative estimate of drug-likeness (QED) is 0.718. The van der Waals surface area contributed by atoms with Crippen molar-refractivity contribution in [2.45, 2.75) is 26.3 Å². The predicted octanol–water partition coefficient (Wildman–Crippen LogP) is 0.252. The van der Waals surface area contributed by atoms with Gasteiger partial charge in [-0.1, -0.05) is 13.8 Å². The minimum Gasteiger partial charge on any atom is -0.467 e. The lowest BCUT2D eigenvalue weighted by molar-refractivity contribution is -0.154. The van der Waals surface area contributed by atoms with Gasteiger partial charge in [-0.15, -0.1) is 0 Å². The highest BCUT2D eigenvalue weighted by Gasteiger charge is 2.34. The molecule has 1 saturated heterocycles. The molecule has 2 atom stereocenters. The first-order chi connectivity index (χ1) is 7.99. The average molecular weight is 242 g/mol. The van der Waals surface area contributed by atoms with E-state index in [9.17, 15) is 9.59 Å². The largest absolute Gasteiger partial charge is 0.467 e. The molecule has 5 nitrogen and oxygen atoms in total. The van der Waals surface area contributed by atoms with Crippen molar-refractivity contribution in [1.29, 1.82) is 0 Å². The first-order valence-electron chi connectivity index (χ1n) is 6.04. The van der Waals surface area contributed by atoms with Gasteiger partial charge in [0.1, 0.15) is 6.04 Å². The van der Waals surface area contributed by atoms with Gasteiger partial charge in [0, 0.05) is 13.6 Å². The van der Waals surface area contributed by atoms with Crippen LogP contribution >= 0.6 is 0 Å². The van der Waals surface area contributed by atoms with Crippen molar-refractivity contribution in [1.82, 2.24) is 10.2 Å². The fourth-order valence-electron chi connectivity index (χ4n) is 2.29. The standard InChI is InChI=1S/C12H22N2O3/c1-8(2)10(12(16)17-4)14(3)11(15)9-5-6-13-7-9/h8-10,13H,5-7H2,1-4H3/t9?,10-/m0/s1. The summed E-state index contributed by atoms with van der Waals surface area (Å²) in [6.07, 6.45) is 0.842. The van der Waals surface area contributed by atoms with Crippen molar-refractivity contribution in [3.63, 3.8) is 0 Å². The SMILES string of the molecule is COC(=O)[C@H](C(C)C)N(C)C(=O)C1CCNC1. The lowest BCUT2D eigenvalue weighted by Gasteiger charge is -2.30. The van der Waals surface area contributed by atoms with Crippen molar-refractivity contribution >= 4 is 11.9 Å². The first kappa shape index (κ1) is 14.0. The molecule has 0 spiro atoms. The number of nitrogens with one attached hydrogen (secondary N) is 1. The van der Waals surface area contributed by atoms with Gasteiger partial charge >= 0.3 is 5.97 Å². The van der Waals surface area contributed by atoms with E-state index < -0.39 is 6.04 Å². The number of amides is 1. The van der Waals surface area contributed by atoms with Crippen LogP contribution in [0.5, 0.6) is 0 Å². The molecule has 1 N–H and O–H groups in total. The molecule has 1 aliphatic rings. The Labute approximate surface area is 102 Å². The molecule has 98 valence electrons. The summed E-state index contributed by atoms with van der Waals surface area (Å²) in [5.74, 6) is -0.280. The number of carbonyl (C=O) groups is 2. The molecule has 0 radical (unpaired) electrons. The molecule has 1 aliphatic heterocycles. The second-order valence-electron chi connectivity index (χ2n) is 4.85. The number of carbonyl (C=O) groups excluding carboxylic acids is 2. The molecule has 0 bridgehead atoms. The Morgan fingerprint density at radius 3 is 2.47 bits per heavy atom. The highest BCUT2D eigenvalue weighted by molar-refractivity contribution is 5.86. The van der Waals surface area contributed by atoms with Gasteiger partial charge in [-0.25, -0.2) is 4.79 Å². The minimum atomic E-state index is -0.493. The fourth-order valence-corrected chi connectivity index (χ4v) is 2.29. The molecule has 0 saturated carbocycles. The van der Waals surface area contributed by atoms with Gasteiger partial charge in [-0.3, -0.25) is 4.79 Å². The van der Waals surface area contributed by atoms with Crippen LogP contribution in [0, 0.1) is 11.8 Å². The van der Waals surface area contributed by atoms with Crippen LogP contribution in [0.3, 0.4) is 0 Å². The zero-order chi connectivity index (χ0) is 13.0. The molecule has 1 heterocycles. The van der Waals surface area contributed by atoms with E-state index in [0.29, 0.717) is 6.54 Å². The number of ether oxygens (including phenoxy) is 1. The van der Waals surface area contributed by atoms with Gasteiger partial charge in [-0.05, 0) is 18.9 Å². The normalized spacial score (nSPS) is 21.4. The van der Waals surface area contributed by atoms with Crippen molar-refractivity contribution < 1.29 is 14.3 Å². The number of methoxy groups -OCH3 is 1. The van der Waals surface area contributed by atoms with Crippen molar-refractivity contribution in [3.05, 3.63) is 0 Å². The molecule has 1 fully saturated rings. The lowest BCUT2D eigenvalue weighted by Crippen LogP contribution is -2.48. The first-order valence-corrected chi connectivity index (χ1v) is 6.04. The Balaban J connectivity index is 2.72. The molecule has 17 heavy (non-hydrogen) atoms. The third-order valence-corrected chi connectivity index (χ3v) is 3.25. The van der Waals surface area contributed by atoms with Crippen LogP contribution in [-0.4, -0.2) is 50.1 Å². The van der Waals surface area contributed by atoms with E-state index in [-0.39, 0.29) is 23.7 Å². The number of rotatable bonds is 4. The summed E-state index contributed by atoms with van der Waals surface area (Å²) in [4.78, 5) is 25.4. The van der Waals surface area contributed by atoms with E-state index in [1.807, 2.05) is 13.8 Å². The van der Waals surface area contributed by atoms with E-state index in [4.69, 9.17) is 4.74 Å². The third kappa shape index (κ3) is 3.19. The predicted molar refractivity (Wildman–Crippen MR) is 64.4 cm³/mol. The van der Waals surface area contributed by atoms with Gasteiger partial charge < -0.3 is 15.0 Å². The number of nitrogens with zero attached hydrogens (tertiary/aromatic N) is 1. The van der Waals surface area contributed by atoms with Crippen LogP contribution in [0.15, 0.2) is 0 Å². The summed E-state index contributed by atoms with van der Waals surface area (Å²) in [5, 5.41) is 3.16. The van der Waals surface area contributed by atoms with Gasteiger partial charge in [0.2, 0.25) is 5.91 Å². The molecule has 1 rings (SSSR count). The molecule has 0 aromatic heterocycles. The Hall–Kier alpha value is -1.10. The zero-order valence-electron chi connectivity index (χ0n) is 11.0. The van der Waals surface area contributed by atoms with Crippen LogP contribution < -0.4 is 5.32 Å². The second-order valence-corrected chi connectivity index (χ2v) is 4.85. The maximum absolute atomic E-state index is 12.2. The highest BCUT2D eigenvalue weighted by Crippen LogP contribution is 2.17. The summed E-state index contributed by atoms with van der Waals surface area (Å²) in [6, 6.07) is -0.493. The molecule has 0 aliphatic carbocycles. The minimum absolute atomic E-state index is 0.00842. The van der Waals surface area contributed by atoms with Crippen molar-refractivity contribution in [2.75, 3.05) is 27.2 Å². The molecular weight excluding hydrogens is 220 g/mol. The summed E-state index contributed by atoms with van der Waals surface area (Å²) in [6.45, 7) is 5.40.